The summed E-state index contributed by atoms with van der Waals surface area (Å²) in [4.78, 5) is 23.1. The molecule has 68 valence electrons. The van der Waals surface area contributed by atoms with Crippen molar-refractivity contribution in [3.63, 3.8) is 0 Å². The van der Waals surface area contributed by atoms with Crippen LogP contribution >= 0.6 is 0 Å². The number of hydrogen-bond donors (Lipinski definition) is 2. The third-order valence-electron chi connectivity index (χ3n) is 1.63. The minimum Gasteiger partial charge on any atom is -0.392 e. The van der Waals surface area contributed by atoms with Crippen molar-refractivity contribution in [3.05, 3.63) is 0 Å². The molecular weight excluding hydrogens is 160 g/mol. The van der Waals surface area contributed by atoms with Crippen molar-refractivity contribution in [1.29, 1.82) is 0 Å². The lowest BCUT2D eigenvalue weighted by Gasteiger charge is -2.27. The van der Waals surface area contributed by atoms with E-state index in [1.54, 1.807) is 6.92 Å². The van der Waals surface area contributed by atoms with Gasteiger partial charge in [0.2, 0.25) is 5.91 Å². The summed E-state index contributed by atoms with van der Waals surface area (Å²) in [6.45, 7) is 2.28. The molecule has 1 aliphatic rings. The lowest BCUT2D eigenvalue weighted by molar-refractivity contribution is -0.121. The summed E-state index contributed by atoms with van der Waals surface area (Å²) in [7, 11) is 0. The van der Waals surface area contributed by atoms with Crippen LogP contribution in [0.15, 0.2) is 0 Å². The van der Waals surface area contributed by atoms with E-state index in [1.807, 2.05) is 0 Å². The number of aliphatic hydroxyl groups is 1. The van der Waals surface area contributed by atoms with Gasteiger partial charge in [-0.1, -0.05) is 0 Å². The van der Waals surface area contributed by atoms with Gasteiger partial charge in [0, 0.05) is 19.5 Å². The van der Waals surface area contributed by atoms with Crippen molar-refractivity contribution in [2.45, 2.75) is 19.4 Å². The molecule has 5 heteroatoms. The Bertz CT molecular complexity index is 203. The molecule has 1 aliphatic heterocycles. The van der Waals surface area contributed by atoms with Gasteiger partial charge in [-0.25, -0.2) is 4.79 Å². The van der Waals surface area contributed by atoms with E-state index in [4.69, 9.17) is 5.11 Å². The number of hydrogen-bond acceptors (Lipinski definition) is 3. The monoisotopic (exact) mass is 172 g/mol. The minimum atomic E-state index is -0.552. The Balaban J connectivity index is 2.45. The van der Waals surface area contributed by atoms with Crippen LogP contribution in [-0.4, -0.2) is 41.1 Å². The van der Waals surface area contributed by atoms with Gasteiger partial charge in [-0.2, -0.15) is 0 Å². The van der Waals surface area contributed by atoms with Gasteiger partial charge in [-0.3, -0.25) is 10.1 Å². The van der Waals surface area contributed by atoms with Crippen LogP contribution in [0, 0.1) is 0 Å². The van der Waals surface area contributed by atoms with Crippen molar-refractivity contribution in [3.8, 4) is 0 Å². The van der Waals surface area contributed by atoms with Gasteiger partial charge in [0.05, 0.1) is 6.10 Å². The number of rotatable bonds is 2. The van der Waals surface area contributed by atoms with Gasteiger partial charge in [-0.05, 0) is 6.92 Å². The molecule has 0 radical (unpaired) electrons. The average molecular weight is 172 g/mol. The van der Waals surface area contributed by atoms with E-state index in [2.05, 4.69) is 5.32 Å². The number of β-amino-alcohol motifs (C(OH)–C–C–N with tert-alkyl or cyclic N) is 1. The molecule has 1 unspecified atom stereocenters. The quantitative estimate of drug-likeness (QED) is 0.579. The highest BCUT2D eigenvalue weighted by Gasteiger charge is 2.23. The summed E-state index contributed by atoms with van der Waals surface area (Å²) in [5.74, 6) is -0.248. The zero-order chi connectivity index (χ0) is 9.14. The SMILES string of the molecule is CC(O)CN1CCC(=O)NC1=O. The smallest absolute Gasteiger partial charge is 0.324 e. The molecule has 0 aromatic carbocycles. The molecule has 2 N–H and O–H groups in total. The van der Waals surface area contributed by atoms with Gasteiger partial charge >= 0.3 is 6.03 Å². The third-order valence-corrected chi connectivity index (χ3v) is 1.63. The van der Waals surface area contributed by atoms with E-state index in [1.165, 1.54) is 4.90 Å². The van der Waals surface area contributed by atoms with E-state index in [-0.39, 0.29) is 12.5 Å². The number of carbonyl (C=O) groups is 2. The number of aliphatic hydroxyl groups excluding tert-OH is 1. The molecule has 1 atom stereocenters. The topological polar surface area (TPSA) is 69.6 Å². The molecule has 1 saturated heterocycles. The van der Waals surface area contributed by atoms with Crippen molar-refractivity contribution in [2.24, 2.45) is 0 Å². The number of nitrogens with zero attached hydrogens (tertiary/aromatic N) is 1. The largest absolute Gasteiger partial charge is 0.392 e. The van der Waals surface area contributed by atoms with E-state index in [9.17, 15) is 9.59 Å². The second-order valence-corrected chi connectivity index (χ2v) is 2.90. The molecule has 1 fully saturated rings. The number of nitrogens with one attached hydrogen (secondary N) is 1. The number of urea groups is 1. The van der Waals surface area contributed by atoms with E-state index >= 15 is 0 Å². The Morgan fingerprint density at radius 1 is 1.67 bits per heavy atom. The van der Waals surface area contributed by atoms with Gasteiger partial charge in [0.25, 0.3) is 0 Å². The zero-order valence-electron chi connectivity index (χ0n) is 6.91. The molecule has 0 aliphatic carbocycles. The normalized spacial score (nSPS) is 20.7. The summed E-state index contributed by atoms with van der Waals surface area (Å²) in [5, 5.41) is 11.2. The molecule has 5 nitrogen and oxygen atoms in total. The Labute approximate surface area is 70.4 Å². The molecular formula is C7H12N2O3. The first-order chi connectivity index (χ1) is 5.59. The van der Waals surface area contributed by atoms with Crippen LogP contribution in [-0.2, 0) is 4.79 Å². The number of imide groups is 1. The number of amides is 3. The standard InChI is InChI=1S/C7H12N2O3/c1-5(10)4-9-3-2-6(11)8-7(9)12/h5,10H,2-4H2,1H3,(H,8,11,12). The number of carbonyl (C=O) groups excluding carboxylic acids is 2. The van der Waals surface area contributed by atoms with Crippen LogP contribution in [0.3, 0.4) is 0 Å². The first-order valence-corrected chi connectivity index (χ1v) is 3.86. The first-order valence-electron chi connectivity index (χ1n) is 3.86. The molecule has 0 saturated carbocycles. The highest BCUT2D eigenvalue weighted by molar-refractivity contribution is 5.96. The summed E-state index contributed by atoms with van der Waals surface area (Å²) >= 11 is 0. The van der Waals surface area contributed by atoms with Gasteiger partial charge in [-0.15, -0.1) is 0 Å². The van der Waals surface area contributed by atoms with Crippen molar-refractivity contribution in [1.82, 2.24) is 10.2 Å². The maximum Gasteiger partial charge on any atom is 0.324 e. The maximum absolute atomic E-state index is 11.0. The van der Waals surface area contributed by atoms with Crippen LogP contribution in [0.4, 0.5) is 4.79 Å². The summed E-state index contributed by atoms with van der Waals surface area (Å²) in [6, 6.07) is -0.410. The lowest BCUT2D eigenvalue weighted by atomic mass is 10.3. The molecule has 1 rings (SSSR count). The Kier molecular flexibility index (Phi) is 2.65. The molecule has 0 aromatic heterocycles. The summed E-state index contributed by atoms with van der Waals surface area (Å²) in [5.41, 5.74) is 0. The maximum atomic E-state index is 11.0. The Morgan fingerprint density at radius 2 is 2.33 bits per heavy atom. The molecule has 0 spiro atoms. The molecule has 12 heavy (non-hydrogen) atoms. The Hall–Kier alpha value is -1.10. The van der Waals surface area contributed by atoms with Crippen LogP contribution in [0.1, 0.15) is 13.3 Å². The summed E-state index contributed by atoms with van der Waals surface area (Å²) in [6.07, 6.45) is -0.234. The van der Waals surface area contributed by atoms with E-state index in [0.29, 0.717) is 13.0 Å². The fourth-order valence-electron chi connectivity index (χ4n) is 1.09. The molecule has 0 bridgehead atoms. The van der Waals surface area contributed by atoms with Crippen LogP contribution in [0.25, 0.3) is 0 Å². The fraction of sp³-hybridized carbons (Fsp3) is 0.714. The average Bonchev–Trinajstić information content (AvgIpc) is 1.94. The highest BCUT2D eigenvalue weighted by Crippen LogP contribution is 2.00. The van der Waals surface area contributed by atoms with Gasteiger partial charge in [0.15, 0.2) is 0 Å². The molecule has 3 amide bonds. The molecule has 1 heterocycles. The second-order valence-electron chi connectivity index (χ2n) is 2.90. The highest BCUT2D eigenvalue weighted by atomic mass is 16.3. The zero-order valence-corrected chi connectivity index (χ0v) is 6.91. The van der Waals surface area contributed by atoms with E-state index < -0.39 is 12.1 Å². The van der Waals surface area contributed by atoms with Crippen LogP contribution < -0.4 is 5.32 Å². The molecule has 0 aromatic rings. The van der Waals surface area contributed by atoms with Crippen molar-refractivity contribution in [2.75, 3.05) is 13.1 Å². The van der Waals surface area contributed by atoms with Crippen LogP contribution in [0.2, 0.25) is 0 Å². The third kappa shape index (κ3) is 2.20. The predicted octanol–water partition coefficient (Wildman–Crippen LogP) is -0.691. The fourth-order valence-corrected chi connectivity index (χ4v) is 1.09. The van der Waals surface area contributed by atoms with E-state index in [0.717, 1.165) is 0 Å². The van der Waals surface area contributed by atoms with Gasteiger partial charge < -0.3 is 10.0 Å². The summed E-state index contributed by atoms with van der Waals surface area (Å²) < 4.78 is 0. The Morgan fingerprint density at radius 3 is 2.83 bits per heavy atom. The van der Waals surface area contributed by atoms with Crippen LogP contribution in [0.5, 0.6) is 0 Å². The van der Waals surface area contributed by atoms with Crippen molar-refractivity contribution < 1.29 is 14.7 Å². The van der Waals surface area contributed by atoms with Gasteiger partial charge in [0.1, 0.15) is 0 Å². The minimum absolute atomic E-state index is 0.248. The second kappa shape index (κ2) is 3.53. The van der Waals surface area contributed by atoms with Crippen molar-refractivity contribution >= 4 is 11.9 Å². The first kappa shape index (κ1) is 8.99. The predicted molar refractivity (Wildman–Crippen MR) is 41.4 cm³/mol. The lowest BCUT2D eigenvalue weighted by Crippen LogP contribution is -2.51.